The van der Waals surface area contributed by atoms with Crippen molar-refractivity contribution in [3.05, 3.63) is 65.2 Å². The Kier molecular flexibility index (Phi) is 8.63. The molecule has 1 aliphatic rings. The van der Waals surface area contributed by atoms with E-state index in [-0.39, 0.29) is 23.8 Å². The fraction of sp³-hybridized carbons (Fsp3) is 0.440. The summed E-state index contributed by atoms with van der Waals surface area (Å²) in [4.78, 5) is 18.9. The lowest BCUT2D eigenvalue weighted by Gasteiger charge is -2.21. The molecule has 0 aromatic heterocycles. The third-order valence-electron chi connectivity index (χ3n) is 5.87. The molecule has 0 spiro atoms. The van der Waals surface area contributed by atoms with Gasteiger partial charge >= 0.3 is 0 Å². The molecule has 33 heavy (non-hydrogen) atoms. The van der Waals surface area contributed by atoms with Crippen molar-refractivity contribution in [3.63, 3.8) is 0 Å². The molecule has 1 amide bonds. The highest BCUT2D eigenvalue weighted by Crippen LogP contribution is 2.16. The first-order valence-corrected chi connectivity index (χ1v) is 12.9. The minimum atomic E-state index is -3.61. The average Bonchev–Trinajstić information content (AvgIpc) is 3.36. The van der Waals surface area contributed by atoms with Crippen LogP contribution in [0.2, 0.25) is 0 Å². The van der Waals surface area contributed by atoms with Crippen molar-refractivity contribution in [2.24, 2.45) is 4.99 Å². The summed E-state index contributed by atoms with van der Waals surface area (Å²) in [7, 11) is -0.331. The number of hydrogen-bond acceptors (Lipinski definition) is 5. The van der Waals surface area contributed by atoms with Crippen molar-refractivity contribution in [2.75, 3.05) is 40.3 Å². The summed E-state index contributed by atoms with van der Waals surface area (Å²) >= 11 is 0. The molecule has 1 heterocycles. The molecule has 2 aromatic carbocycles. The quantitative estimate of drug-likeness (QED) is 0.548. The molecule has 1 aliphatic heterocycles. The van der Waals surface area contributed by atoms with Crippen molar-refractivity contribution in [1.29, 1.82) is 0 Å². The highest BCUT2D eigenvalue weighted by atomic mass is 32.2. The highest BCUT2D eigenvalue weighted by molar-refractivity contribution is 7.89. The predicted octanol–water partition coefficient (Wildman–Crippen LogP) is 2.70. The second kappa shape index (κ2) is 11.4. The molecule has 1 N–H and O–H groups in total. The van der Waals surface area contributed by atoms with E-state index in [0.717, 1.165) is 54.9 Å². The predicted molar refractivity (Wildman–Crippen MR) is 132 cm³/mol. The first kappa shape index (κ1) is 24.9. The molecule has 0 radical (unpaired) electrons. The fourth-order valence-electron chi connectivity index (χ4n) is 3.70. The van der Waals surface area contributed by atoms with Crippen molar-refractivity contribution in [3.8, 4) is 0 Å². The van der Waals surface area contributed by atoms with Gasteiger partial charge in [-0.15, -0.1) is 0 Å². The van der Waals surface area contributed by atoms with Gasteiger partial charge in [-0.25, -0.2) is 12.7 Å². The summed E-state index contributed by atoms with van der Waals surface area (Å²) in [6.07, 6.45) is 2.82. The number of rotatable bonds is 11. The molecule has 0 unspecified atom stereocenters. The summed E-state index contributed by atoms with van der Waals surface area (Å²) in [6, 6.07) is 15.2. The lowest BCUT2D eigenvalue weighted by Crippen LogP contribution is -2.34. The Labute approximate surface area is 197 Å². The topological polar surface area (TPSA) is 82.1 Å². The summed E-state index contributed by atoms with van der Waals surface area (Å²) in [6.45, 7) is 4.50. The van der Waals surface area contributed by atoms with Gasteiger partial charge in [-0.05, 0) is 36.1 Å². The van der Waals surface area contributed by atoms with E-state index in [9.17, 15) is 13.2 Å². The van der Waals surface area contributed by atoms with Gasteiger partial charge in [-0.3, -0.25) is 9.79 Å². The Morgan fingerprint density at radius 3 is 2.21 bits per heavy atom. The summed E-state index contributed by atoms with van der Waals surface area (Å²) in [5.74, 6) is 0.862. The largest absolute Gasteiger partial charge is 0.368 e. The molecule has 178 valence electrons. The van der Waals surface area contributed by atoms with Crippen LogP contribution in [0.3, 0.4) is 0 Å². The Bertz CT molecular complexity index is 1060. The zero-order chi connectivity index (χ0) is 23.8. The van der Waals surface area contributed by atoms with Crippen LogP contribution in [0, 0.1) is 0 Å². The van der Waals surface area contributed by atoms with Gasteiger partial charge in [-0.2, -0.15) is 0 Å². The number of carbonyl (C=O) groups is 1. The number of amidine groups is 1. The van der Waals surface area contributed by atoms with E-state index < -0.39 is 10.0 Å². The van der Waals surface area contributed by atoms with E-state index in [2.05, 4.69) is 29.4 Å². The zero-order valence-corrected chi connectivity index (χ0v) is 20.6. The van der Waals surface area contributed by atoms with Crippen molar-refractivity contribution < 1.29 is 13.2 Å². The van der Waals surface area contributed by atoms with Crippen molar-refractivity contribution in [2.45, 2.75) is 37.5 Å². The Morgan fingerprint density at radius 1 is 0.970 bits per heavy atom. The van der Waals surface area contributed by atoms with Crippen LogP contribution in [0.4, 0.5) is 0 Å². The Morgan fingerprint density at radius 2 is 1.61 bits per heavy atom. The molecule has 3 rings (SSSR count). The number of sulfonamides is 1. The van der Waals surface area contributed by atoms with Gasteiger partial charge in [0, 0.05) is 45.7 Å². The van der Waals surface area contributed by atoms with Gasteiger partial charge in [0.25, 0.3) is 0 Å². The molecule has 0 fully saturated rings. The van der Waals surface area contributed by atoms with E-state index in [0.29, 0.717) is 6.54 Å². The monoisotopic (exact) mass is 470 g/mol. The first-order chi connectivity index (χ1) is 15.8. The number of nitrogens with one attached hydrogen (secondary N) is 1. The Balaban J connectivity index is 1.47. The number of aliphatic imine (C=N–C) groups is 1. The number of hydrogen-bond donors (Lipinski definition) is 1. The third kappa shape index (κ3) is 6.65. The summed E-state index contributed by atoms with van der Waals surface area (Å²) in [5.41, 5.74) is 3.34. The van der Waals surface area contributed by atoms with Gasteiger partial charge in [0.1, 0.15) is 5.84 Å². The molecular formula is C25H34N4O3S. The van der Waals surface area contributed by atoms with Gasteiger partial charge in [-0.1, -0.05) is 49.7 Å². The number of likely N-dealkylation sites (N-methyl/N-ethyl adjacent to an activating group) is 1. The first-order valence-electron chi connectivity index (χ1n) is 11.5. The van der Waals surface area contributed by atoms with E-state index in [1.807, 2.05) is 24.3 Å². The van der Waals surface area contributed by atoms with E-state index in [1.165, 1.54) is 11.4 Å². The molecule has 0 aliphatic carbocycles. The van der Waals surface area contributed by atoms with Gasteiger partial charge in [0.2, 0.25) is 15.9 Å². The standard InChI is InChI=1S/C25H34N4O3S/c1-4-5-20-8-12-23(13-9-20)33(31,32)29(3)19-15-24(30)28(2)18-14-21-6-10-22(11-7-21)25-26-16-17-27-25/h6-13H,4-5,14-19H2,1-3H3,(H,26,27). The van der Waals surface area contributed by atoms with Gasteiger partial charge in [0.15, 0.2) is 0 Å². The molecular weight excluding hydrogens is 436 g/mol. The van der Waals surface area contributed by atoms with Gasteiger partial charge in [0.05, 0.1) is 11.4 Å². The molecule has 0 bridgehead atoms. The van der Waals surface area contributed by atoms with Crippen LogP contribution in [0.1, 0.15) is 36.5 Å². The molecule has 2 aromatic rings. The van der Waals surface area contributed by atoms with Crippen LogP contribution >= 0.6 is 0 Å². The normalized spacial score (nSPS) is 13.6. The minimum absolute atomic E-state index is 0.0727. The average molecular weight is 471 g/mol. The van der Waals surface area contributed by atoms with Crippen LogP contribution in [-0.4, -0.2) is 69.6 Å². The maximum atomic E-state index is 12.8. The van der Waals surface area contributed by atoms with Gasteiger partial charge < -0.3 is 10.2 Å². The molecule has 8 heteroatoms. The second-order valence-electron chi connectivity index (χ2n) is 8.39. The minimum Gasteiger partial charge on any atom is -0.368 e. The Hall–Kier alpha value is -2.71. The lowest BCUT2D eigenvalue weighted by atomic mass is 10.1. The van der Waals surface area contributed by atoms with Crippen molar-refractivity contribution in [1.82, 2.24) is 14.5 Å². The maximum Gasteiger partial charge on any atom is 0.242 e. The van der Waals surface area contributed by atoms with Crippen LogP contribution in [0.25, 0.3) is 0 Å². The molecule has 0 saturated heterocycles. The molecule has 7 nitrogen and oxygen atoms in total. The summed E-state index contributed by atoms with van der Waals surface area (Å²) < 4.78 is 26.9. The molecule has 0 saturated carbocycles. The third-order valence-corrected chi connectivity index (χ3v) is 7.75. The lowest BCUT2D eigenvalue weighted by molar-refractivity contribution is -0.129. The number of nitrogens with zero attached hydrogens (tertiary/aromatic N) is 3. The fourth-order valence-corrected chi connectivity index (χ4v) is 4.87. The summed E-state index contributed by atoms with van der Waals surface area (Å²) in [5, 5.41) is 3.26. The highest BCUT2D eigenvalue weighted by Gasteiger charge is 2.22. The van der Waals surface area contributed by atoms with E-state index >= 15 is 0 Å². The SMILES string of the molecule is CCCc1ccc(S(=O)(=O)N(C)CCC(=O)N(C)CCc2ccc(C3=NCCN3)cc2)cc1. The number of amides is 1. The van der Waals surface area contributed by atoms with Crippen LogP contribution < -0.4 is 5.32 Å². The van der Waals surface area contributed by atoms with E-state index in [1.54, 1.807) is 24.1 Å². The molecule has 0 atom stereocenters. The van der Waals surface area contributed by atoms with Crippen LogP contribution in [0.5, 0.6) is 0 Å². The number of benzene rings is 2. The number of carbonyl (C=O) groups excluding carboxylic acids is 1. The van der Waals surface area contributed by atoms with Crippen LogP contribution in [-0.2, 0) is 27.7 Å². The zero-order valence-electron chi connectivity index (χ0n) is 19.8. The smallest absolute Gasteiger partial charge is 0.242 e. The number of aryl methyl sites for hydroxylation is 1. The maximum absolute atomic E-state index is 12.8. The van der Waals surface area contributed by atoms with E-state index in [4.69, 9.17) is 0 Å². The van der Waals surface area contributed by atoms with Crippen molar-refractivity contribution >= 4 is 21.8 Å². The van der Waals surface area contributed by atoms with Crippen LogP contribution in [0.15, 0.2) is 58.4 Å². The second-order valence-corrected chi connectivity index (χ2v) is 10.4.